The molecule has 1 aliphatic heterocycles. The maximum atomic E-state index is 8.95. The zero-order valence-corrected chi connectivity index (χ0v) is 17.8. The number of rotatable bonds is 8. The summed E-state index contributed by atoms with van der Waals surface area (Å²) < 4.78 is 13.0. The first-order chi connectivity index (χ1) is 15.2. The second kappa shape index (κ2) is 9.72. The van der Waals surface area contributed by atoms with E-state index in [2.05, 4.69) is 46.0 Å². The molecular weight excluding hydrogens is 394 g/mol. The molecule has 1 unspecified atom stereocenters. The Hall–Kier alpha value is -3.23. The summed E-state index contributed by atoms with van der Waals surface area (Å²) in [6.07, 6.45) is 4.57. The fourth-order valence-electron chi connectivity index (χ4n) is 3.59. The zero-order chi connectivity index (χ0) is 21.6. The van der Waals surface area contributed by atoms with Crippen LogP contribution in [0.1, 0.15) is 36.3 Å². The molecular formula is C23H27N5O3. The van der Waals surface area contributed by atoms with E-state index in [1.807, 2.05) is 37.4 Å². The maximum Gasteiger partial charge on any atom is 0.172 e. The molecule has 0 fully saturated rings. The van der Waals surface area contributed by atoms with E-state index in [0.717, 1.165) is 39.6 Å². The Bertz CT molecular complexity index is 1060. The van der Waals surface area contributed by atoms with Crippen LogP contribution in [-0.2, 0) is 0 Å². The summed E-state index contributed by atoms with van der Waals surface area (Å²) in [6.45, 7) is 6.11. The summed E-state index contributed by atoms with van der Waals surface area (Å²) in [5.41, 5.74) is 4.45. The van der Waals surface area contributed by atoms with Gasteiger partial charge in [-0.05, 0) is 77.7 Å². The van der Waals surface area contributed by atoms with Crippen molar-refractivity contribution in [1.82, 2.24) is 25.5 Å². The van der Waals surface area contributed by atoms with Gasteiger partial charge in [-0.3, -0.25) is 0 Å². The van der Waals surface area contributed by atoms with Crippen LogP contribution in [0.15, 0.2) is 36.4 Å². The third kappa shape index (κ3) is 4.76. The molecule has 2 aromatic carbocycles. The van der Waals surface area contributed by atoms with Gasteiger partial charge >= 0.3 is 0 Å². The van der Waals surface area contributed by atoms with Crippen molar-refractivity contribution in [3.63, 3.8) is 0 Å². The smallest absolute Gasteiger partial charge is 0.172 e. The van der Waals surface area contributed by atoms with E-state index in [1.54, 1.807) is 4.68 Å². The Kier molecular flexibility index (Phi) is 6.59. The van der Waals surface area contributed by atoms with Gasteiger partial charge in [0.2, 0.25) is 0 Å². The van der Waals surface area contributed by atoms with Gasteiger partial charge in [-0.1, -0.05) is 24.3 Å². The van der Waals surface area contributed by atoms with E-state index in [1.165, 1.54) is 0 Å². The lowest BCUT2D eigenvalue weighted by Gasteiger charge is -2.19. The van der Waals surface area contributed by atoms with Crippen molar-refractivity contribution in [3.05, 3.63) is 53.3 Å². The summed E-state index contributed by atoms with van der Waals surface area (Å²) in [6, 6.07) is 12.2. The minimum Gasteiger partial charge on any atom is -0.486 e. The molecule has 3 aromatic rings. The molecule has 4 rings (SSSR count). The van der Waals surface area contributed by atoms with E-state index >= 15 is 0 Å². The van der Waals surface area contributed by atoms with Crippen LogP contribution >= 0.6 is 0 Å². The van der Waals surface area contributed by atoms with Gasteiger partial charge in [0.1, 0.15) is 13.2 Å². The van der Waals surface area contributed by atoms with E-state index in [-0.39, 0.29) is 12.6 Å². The minimum atomic E-state index is -0.0312. The van der Waals surface area contributed by atoms with E-state index in [4.69, 9.17) is 14.6 Å². The first-order valence-electron chi connectivity index (χ1n) is 10.5. The quantitative estimate of drug-likeness (QED) is 0.540. The maximum absolute atomic E-state index is 8.95. The summed E-state index contributed by atoms with van der Waals surface area (Å²) in [5, 5.41) is 24.3. The number of nitrogens with zero attached hydrogens (tertiary/aromatic N) is 4. The number of hydrogen-bond acceptors (Lipinski definition) is 7. The standard InChI is InChI=1S/C23H27N5O3/c1-16-18(9-11-28-23(25-26-27-28)17(2)24-10-4-12-29)5-3-6-20(16)19-7-8-21-22(15-19)31-14-13-30-21/h3,5-9,11,15,17,24,29H,4,10,12-14H2,1-2H3/b11-9+. The normalized spacial score (nSPS) is 14.2. The molecule has 1 aliphatic rings. The fraction of sp³-hybridized carbons (Fsp3) is 0.348. The molecule has 0 spiro atoms. The topological polar surface area (TPSA) is 94.3 Å². The van der Waals surface area contributed by atoms with Gasteiger partial charge in [0.05, 0.1) is 6.04 Å². The third-order valence-electron chi connectivity index (χ3n) is 5.32. The number of nitrogens with one attached hydrogen (secondary N) is 1. The Morgan fingerprint density at radius 3 is 2.87 bits per heavy atom. The van der Waals surface area contributed by atoms with Gasteiger partial charge in [0, 0.05) is 12.8 Å². The lowest BCUT2D eigenvalue weighted by atomic mass is 9.96. The van der Waals surface area contributed by atoms with Crippen LogP contribution in [0.5, 0.6) is 11.5 Å². The van der Waals surface area contributed by atoms with Gasteiger partial charge in [0.15, 0.2) is 17.3 Å². The van der Waals surface area contributed by atoms with Gasteiger partial charge in [-0.15, -0.1) is 5.10 Å². The lowest BCUT2D eigenvalue weighted by Crippen LogP contribution is -2.23. The van der Waals surface area contributed by atoms with Gasteiger partial charge in [-0.2, -0.15) is 0 Å². The number of tetrazole rings is 1. The number of benzene rings is 2. The number of hydrogen-bond donors (Lipinski definition) is 2. The number of aromatic nitrogens is 4. The Morgan fingerprint density at radius 2 is 2.03 bits per heavy atom. The number of ether oxygens (including phenoxy) is 2. The zero-order valence-electron chi connectivity index (χ0n) is 17.8. The molecule has 162 valence electrons. The summed E-state index contributed by atoms with van der Waals surface area (Å²) >= 11 is 0. The van der Waals surface area contributed by atoms with Crippen molar-refractivity contribution in [2.45, 2.75) is 26.3 Å². The first kappa shape index (κ1) is 21.0. The molecule has 0 saturated carbocycles. The van der Waals surface area contributed by atoms with Crippen LogP contribution < -0.4 is 14.8 Å². The van der Waals surface area contributed by atoms with Crippen molar-refractivity contribution in [3.8, 4) is 22.6 Å². The summed E-state index contributed by atoms with van der Waals surface area (Å²) in [5.74, 6) is 2.29. The molecule has 0 bridgehead atoms. The number of aliphatic hydroxyl groups excluding tert-OH is 1. The van der Waals surface area contributed by atoms with Crippen LogP contribution in [0.2, 0.25) is 0 Å². The highest BCUT2D eigenvalue weighted by Crippen LogP contribution is 2.36. The summed E-state index contributed by atoms with van der Waals surface area (Å²) in [7, 11) is 0. The molecule has 2 N–H and O–H groups in total. The van der Waals surface area contributed by atoms with Crippen LogP contribution in [0.25, 0.3) is 23.4 Å². The summed E-state index contributed by atoms with van der Waals surface area (Å²) in [4.78, 5) is 0. The SMILES string of the molecule is Cc1c(/C=C/n2nnnc2C(C)NCCCO)cccc1-c1ccc2c(c1)OCCO2. The van der Waals surface area contributed by atoms with Crippen LogP contribution in [0, 0.1) is 6.92 Å². The molecule has 31 heavy (non-hydrogen) atoms. The molecule has 1 atom stereocenters. The highest BCUT2D eigenvalue weighted by Gasteiger charge is 2.15. The highest BCUT2D eigenvalue weighted by atomic mass is 16.6. The minimum absolute atomic E-state index is 0.0312. The van der Waals surface area contributed by atoms with Crippen LogP contribution in [-0.4, -0.2) is 51.7 Å². The predicted molar refractivity (Wildman–Crippen MR) is 119 cm³/mol. The van der Waals surface area contributed by atoms with Crippen LogP contribution in [0.3, 0.4) is 0 Å². The molecule has 0 aliphatic carbocycles. The Labute approximate surface area is 181 Å². The van der Waals surface area contributed by atoms with Crippen molar-refractivity contribution >= 4 is 12.3 Å². The van der Waals surface area contributed by atoms with Crippen LogP contribution in [0.4, 0.5) is 0 Å². The van der Waals surface area contributed by atoms with E-state index in [0.29, 0.717) is 26.2 Å². The van der Waals surface area contributed by atoms with Gasteiger partial charge in [-0.25, -0.2) is 4.68 Å². The van der Waals surface area contributed by atoms with Gasteiger partial charge < -0.3 is 19.9 Å². The van der Waals surface area contributed by atoms with Crippen molar-refractivity contribution < 1.29 is 14.6 Å². The third-order valence-corrected chi connectivity index (χ3v) is 5.32. The molecule has 0 saturated heterocycles. The Morgan fingerprint density at radius 1 is 1.19 bits per heavy atom. The monoisotopic (exact) mass is 421 g/mol. The first-order valence-corrected chi connectivity index (χ1v) is 10.5. The molecule has 1 aromatic heterocycles. The van der Waals surface area contributed by atoms with Crippen molar-refractivity contribution in [2.75, 3.05) is 26.4 Å². The Balaban J connectivity index is 1.56. The fourth-order valence-corrected chi connectivity index (χ4v) is 3.59. The average Bonchev–Trinajstić information content (AvgIpc) is 3.27. The number of fused-ring (bicyclic) bond motifs is 1. The molecule has 0 amide bonds. The average molecular weight is 422 g/mol. The number of aliphatic hydroxyl groups is 1. The van der Waals surface area contributed by atoms with E-state index in [9.17, 15) is 0 Å². The van der Waals surface area contributed by atoms with E-state index < -0.39 is 0 Å². The highest BCUT2D eigenvalue weighted by molar-refractivity contribution is 5.76. The second-order valence-electron chi connectivity index (χ2n) is 7.43. The molecule has 8 heteroatoms. The lowest BCUT2D eigenvalue weighted by molar-refractivity contribution is 0.171. The molecule has 0 radical (unpaired) electrons. The molecule has 2 heterocycles. The van der Waals surface area contributed by atoms with Gasteiger partial charge in [0.25, 0.3) is 0 Å². The van der Waals surface area contributed by atoms with Crippen molar-refractivity contribution in [1.29, 1.82) is 0 Å². The predicted octanol–water partition coefficient (Wildman–Crippen LogP) is 3.08. The molecule has 8 nitrogen and oxygen atoms in total. The van der Waals surface area contributed by atoms with Crippen molar-refractivity contribution in [2.24, 2.45) is 0 Å². The second-order valence-corrected chi connectivity index (χ2v) is 7.43. The largest absolute Gasteiger partial charge is 0.486 e.